The number of urea groups is 1. The minimum absolute atomic E-state index is 0.0428. The van der Waals surface area contributed by atoms with Crippen molar-refractivity contribution in [2.45, 2.75) is 150 Å². The molecule has 4 heterocycles. The van der Waals surface area contributed by atoms with Crippen LogP contribution in [0.2, 0.25) is 0 Å². The second-order valence-electron chi connectivity index (χ2n) is 21.9. The number of carbonyl (C=O) groups is 8. The molecule has 2 saturated heterocycles. The molecule has 4 aliphatic rings. The summed E-state index contributed by atoms with van der Waals surface area (Å²) < 4.78 is 16.2. The average molecular weight is 1220 g/mol. The highest BCUT2D eigenvalue weighted by molar-refractivity contribution is 8.00. The van der Waals surface area contributed by atoms with E-state index < -0.39 is 47.5 Å². The van der Waals surface area contributed by atoms with E-state index in [9.17, 15) is 48.6 Å². The number of hydrogen-bond acceptors (Lipinski definition) is 19. The summed E-state index contributed by atoms with van der Waals surface area (Å²) in [4.78, 5) is 112. The first kappa shape index (κ1) is 67.1. The van der Waals surface area contributed by atoms with Crippen molar-refractivity contribution in [3.05, 3.63) is 65.2 Å². The molecule has 15 N–H and O–H groups in total. The molecule has 9 atom stereocenters. The van der Waals surface area contributed by atoms with Crippen LogP contribution in [0, 0.1) is 5.92 Å². The number of ether oxygens (including phenoxy) is 3. The summed E-state index contributed by atoms with van der Waals surface area (Å²) in [5.41, 5.74) is 11.2. The van der Waals surface area contributed by atoms with Crippen LogP contribution in [0.1, 0.15) is 124 Å². The van der Waals surface area contributed by atoms with Crippen molar-refractivity contribution in [1.29, 1.82) is 0 Å². The van der Waals surface area contributed by atoms with Gasteiger partial charge in [-0.05, 0) is 94.4 Å². The molecule has 0 spiro atoms. The van der Waals surface area contributed by atoms with Crippen LogP contribution in [-0.2, 0) is 40.0 Å². The number of guanidine groups is 2. The molecule has 0 radical (unpaired) electrons. The van der Waals surface area contributed by atoms with E-state index in [-0.39, 0.29) is 144 Å². The number of anilines is 1. The van der Waals surface area contributed by atoms with E-state index in [2.05, 4.69) is 57.8 Å². The molecule has 85 heavy (non-hydrogen) atoms. The fraction of sp³-hybridized carbons (Fsp3) is 0.614. The summed E-state index contributed by atoms with van der Waals surface area (Å²) in [7, 11) is 0. The number of carboxylic acid groups (broad SMARTS) is 2. The molecule has 28 heteroatoms. The Balaban J connectivity index is 0.926. The molecule has 6 unspecified atom stereocenters. The van der Waals surface area contributed by atoms with Crippen LogP contribution in [0.3, 0.4) is 0 Å². The van der Waals surface area contributed by atoms with E-state index in [1.807, 2.05) is 60.8 Å². The number of amides is 7. The first-order valence-electron chi connectivity index (χ1n) is 29.2. The first-order valence-corrected chi connectivity index (χ1v) is 31.3. The first-order chi connectivity index (χ1) is 40.8. The number of carboxylic acids is 2. The lowest BCUT2D eigenvalue weighted by Gasteiger charge is -2.26. The lowest BCUT2D eigenvalue weighted by Crippen LogP contribution is -2.52. The average Bonchev–Trinajstić information content (AvgIpc) is 3.95. The number of hydrogen-bond donors (Lipinski definition) is 13. The van der Waals surface area contributed by atoms with Crippen LogP contribution in [0.25, 0.3) is 0 Å². The number of nitrogens with zero attached hydrogens (tertiary/aromatic N) is 2. The summed E-state index contributed by atoms with van der Waals surface area (Å²) >= 11 is 3.68. The molecule has 0 saturated carbocycles. The van der Waals surface area contributed by atoms with E-state index in [0.29, 0.717) is 54.5 Å². The number of aliphatic carboxylic acids is 2. The van der Waals surface area contributed by atoms with E-state index in [1.165, 1.54) is 25.1 Å². The number of aliphatic imine (C=N–C) groups is 2. The Morgan fingerprint density at radius 1 is 0.706 bits per heavy atom. The van der Waals surface area contributed by atoms with Crippen LogP contribution in [-0.4, -0.2) is 180 Å². The zero-order chi connectivity index (χ0) is 61.1. The van der Waals surface area contributed by atoms with Crippen molar-refractivity contribution in [2.24, 2.45) is 27.4 Å². The van der Waals surface area contributed by atoms with Crippen molar-refractivity contribution in [2.75, 3.05) is 69.4 Å². The molecule has 7 amide bonds. The summed E-state index contributed by atoms with van der Waals surface area (Å²) in [6, 6.07) is 12.4. The van der Waals surface area contributed by atoms with E-state index >= 15 is 0 Å². The van der Waals surface area contributed by atoms with Crippen molar-refractivity contribution in [1.82, 2.24) is 42.5 Å². The standard InChI is InChI=1S/C57H85N13O13S2/c1-35(18-19-40(51(75)76)65-45(71)16-8-6-14-43-47-41(33-84-43)66-53(58)68-47)31-63-50(74)38-28-37(29-39(30-38)64-55(79)61-22-24-81-26-27-82-25-23-62-56(80)83-32-36-12-4-3-5-13-36)49(73)60-21-11-10-20-57(2,52(77)78)70-46(72)17-9-7-15-44-48-42(34-85-44)67-54(59)69-48/h3-5,12-13,28-30,35,40-44,47-48H,6-11,14-27,31-34H2,1-2H3,(H,60,73)(H,62,80)(H,63,74)(H,65,71)(H,70,72)(H,75,76)(H,77,78)(H3,58,66,68)(H3,59,67,69)(H2,61,64,79)/t35?,40-,41-,42-,43?,44?,47?,48?,57?/m0/s1. The Hall–Kier alpha value is -7.04. The second kappa shape index (κ2) is 34.8. The molecule has 0 bridgehead atoms. The van der Waals surface area contributed by atoms with Gasteiger partial charge in [-0.15, -0.1) is 0 Å². The maximum atomic E-state index is 13.7. The Labute approximate surface area is 504 Å². The minimum Gasteiger partial charge on any atom is -0.480 e. The maximum Gasteiger partial charge on any atom is 0.407 e. The normalized spacial score (nSPS) is 20.5. The van der Waals surface area contributed by atoms with Gasteiger partial charge in [0, 0.05) is 77.8 Å². The third-order valence-corrected chi connectivity index (χ3v) is 17.9. The van der Waals surface area contributed by atoms with Gasteiger partial charge in [0.2, 0.25) is 11.8 Å². The zero-order valence-electron chi connectivity index (χ0n) is 48.5. The molecule has 468 valence electrons. The highest BCUT2D eigenvalue weighted by atomic mass is 32.2. The van der Waals surface area contributed by atoms with Gasteiger partial charge in [-0.1, -0.05) is 50.1 Å². The van der Waals surface area contributed by atoms with Gasteiger partial charge in [0.1, 0.15) is 18.2 Å². The van der Waals surface area contributed by atoms with Crippen LogP contribution < -0.4 is 59.3 Å². The summed E-state index contributed by atoms with van der Waals surface area (Å²) in [5.74, 6) is -1.69. The lowest BCUT2D eigenvalue weighted by molar-refractivity contribution is -0.147. The topological polar surface area (TPSA) is 390 Å². The highest BCUT2D eigenvalue weighted by Gasteiger charge is 2.41. The third kappa shape index (κ3) is 23.1. The molecule has 0 aromatic heterocycles. The Morgan fingerprint density at radius 3 is 1.89 bits per heavy atom. The van der Waals surface area contributed by atoms with E-state index in [0.717, 1.165) is 42.8 Å². The number of benzene rings is 2. The Morgan fingerprint density at radius 2 is 1.29 bits per heavy atom. The van der Waals surface area contributed by atoms with Crippen LogP contribution >= 0.6 is 23.5 Å². The molecule has 4 aliphatic heterocycles. The highest BCUT2D eigenvalue weighted by Crippen LogP contribution is 2.36. The Bertz CT molecular complexity index is 2640. The predicted molar refractivity (Wildman–Crippen MR) is 324 cm³/mol. The smallest absolute Gasteiger partial charge is 0.407 e. The number of thioether (sulfide) groups is 2. The molecule has 2 fully saturated rings. The number of fused-ring (bicyclic) bond motifs is 2. The molecule has 2 aromatic rings. The summed E-state index contributed by atoms with van der Waals surface area (Å²) in [6.07, 6.45) is 5.61. The van der Waals surface area contributed by atoms with Crippen LogP contribution in [0.15, 0.2) is 58.5 Å². The van der Waals surface area contributed by atoms with Crippen LogP contribution in [0.4, 0.5) is 15.3 Å². The maximum absolute atomic E-state index is 13.7. The number of alkyl carbamates (subject to hydrolysis) is 1. The van der Waals surface area contributed by atoms with Crippen LogP contribution in [0.5, 0.6) is 0 Å². The minimum atomic E-state index is -1.53. The monoisotopic (exact) mass is 1220 g/mol. The van der Waals surface area contributed by atoms with Crippen molar-refractivity contribution < 1.29 is 62.8 Å². The molecular weight excluding hydrogens is 1140 g/mol. The van der Waals surface area contributed by atoms with Gasteiger partial charge in [0.25, 0.3) is 11.8 Å². The van der Waals surface area contributed by atoms with Crippen molar-refractivity contribution >= 4 is 88.8 Å². The summed E-state index contributed by atoms with van der Waals surface area (Å²) in [5, 5.41) is 46.1. The quantitative estimate of drug-likeness (QED) is 0.0430. The predicted octanol–water partition coefficient (Wildman–Crippen LogP) is 3.00. The van der Waals surface area contributed by atoms with Crippen molar-refractivity contribution in [3.63, 3.8) is 0 Å². The second-order valence-corrected chi connectivity index (χ2v) is 24.4. The fourth-order valence-electron chi connectivity index (χ4n) is 10.2. The van der Waals surface area contributed by atoms with E-state index in [4.69, 9.17) is 25.7 Å². The SMILES string of the molecule is CC(CC[C@H](NC(=O)CCCCC1SC[C@@H]2N=C(N)NC12)C(=O)O)CNC(=O)c1cc(NC(=O)NCCOCCOCCNC(=O)OCc2ccccc2)cc(C(=O)NCCCCC(C)(NC(=O)CCCCC2SC[C@@H]3N=C(N)NC23)C(=O)O)c1. The number of nitrogens with one attached hydrogen (secondary N) is 9. The van der Waals surface area contributed by atoms with Gasteiger partial charge in [0.15, 0.2) is 11.9 Å². The molecular formula is C57H85N13O13S2. The van der Waals surface area contributed by atoms with Gasteiger partial charge >= 0.3 is 24.1 Å². The zero-order valence-corrected chi connectivity index (χ0v) is 50.1. The summed E-state index contributed by atoms with van der Waals surface area (Å²) in [6.45, 7) is 4.82. The molecule has 2 aromatic carbocycles. The molecule has 6 rings (SSSR count). The lowest BCUT2D eigenvalue weighted by atomic mass is 9.94. The van der Waals surface area contributed by atoms with Gasteiger partial charge in [-0.25, -0.2) is 29.2 Å². The van der Waals surface area contributed by atoms with Gasteiger partial charge in [0.05, 0.1) is 50.6 Å². The fourth-order valence-corrected chi connectivity index (χ4v) is 13.2. The Kier molecular flexibility index (Phi) is 27.5. The van der Waals surface area contributed by atoms with Crippen molar-refractivity contribution in [3.8, 4) is 0 Å². The molecule has 26 nitrogen and oxygen atoms in total. The van der Waals surface area contributed by atoms with Gasteiger partial charge in [-0.3, -0.25) is 19.2 Å². The number of nitrogens with two attached hydrogens (primary N) is 2. The third-order valence-electron chi connectivity index (χ3n) is 14.9. The number of carbonyl (C=O) groups excluding carboxylic acids is 6. The largest absolute Gasteiger partial charge is 0.480 e. The van der Waals surface area contributed by atoms with Gasteiger partial charge < -0.3 is 83.7 Å². The van der Waals surface area contributed by atoms with Gasteiger partial charge in [-0.2, -0.15) is 23.5 Å². The number of rotatable bonds is 38. The molecule has 0 aliphatic carbocycles. The number of unbranched alkanes of at least 4 members (excludes halogenated alkanes) is 3. The van der Waals surface area contributed by atoms with E-state index in [1.54, 1.807) is 0 Å².